The zero-order chi connectivity index (χ0) is 43.1. The van der Waals surface area contributed by atoms with E-state index in [1.165, 1.54) is 0 Å². The summed E-state index contributed by atoms with van der Waals surface area (Å²) < 4.78 is 35.2. The Balaban J connectivity index is 1.52. The predicted octanol–water partition coefficient (Wildman–Crippen LogP) is 1.82. The third-order valence-electron chi connectivity index (χ3n) is 9.42. The molecule has 0 radical (unpaired) electrons. The number of benzene rings is 3. The number of nitrogens with one attached hydrogen (secondary N) is 4. The number of nitrogens with two attached hydrogens (primary N) is 1. The van der Waals surface area contributed by atoms with Crippen molar-refractivity contribution in [3.05, 3.63) is 107 Å². The highest BCUT2D eigenvalue weighted by molar-refractivity contribution is 6.38. The summed E-state index contributed by atoms with van der Waals surface area (Å²) in [5.41, 5.74) is 5.64. The van der Waals surface area contributed by atoms with Gasteiger partial charge in [-0.05, 0) is 42.5 Å². The molecule has 2 unspecified atom stereocenters. The van der Waals surface area contributed by atoms with Gasteiger partial charge in [-0.15, -0.1) is 0 Å². The molecule has 3 aromatic rings. The summed E-state index contributed by atoms with van der Waals surface area (Å²) >= 11 is 0. The van der Waals surface area contributed by atoms with Crippen molar-refractivity contribution in [3.63, 3.8) is 0 Å². The summed E-state index contributed by atoms with van der Waals surface area (Å²) in [6, 6.07) is 14.3. The molecule has 6 amide bonds. The molecule has 0 saturated carbocycles. The van der Waals surface area contributed by atoms with Crippen LogP contribution in [0.15, 0.2) is 78.9 Å². The first-order valence-corrected chi connectivity index (χ1v) is 18.9. The van der Waals surface area contributed by atoms with E-state index >= 15 is 0 Å². The minimum absolute atomic E-state index is 0.0291. The van der Waals surface area contributed by atoms with Crippen LogP contribution in [0.5, 0.6) is 0 Å². The van der Waals surface area contributed by atoms with Gasteiger partial charge in [0.05, 0.1) is 25.3 Å². The number of primary amides is 1. The molecule has 16 nitrogen and oxygen atoms in total. The van der Waals surface area contributed by atoms with Crippen molar-refractivity contribution in [1.82, 2.24) is 26.2 Å². The lowest BCUT2D eigenvalue weighted by atomic mass is 10.0. The molecule has 4 rings (SSSR count). The minimum Gasteiger partial charge on any atom is -0.481 e. The van der Waals surface area contributed by atoms with Crippen LogP contribution < -0.4 is 27.0 Å². The molecule has 0 aliphatic carbocycles. The van der Waals surface area contributed by atoms with Crippen molar-refractivity contribution in [1.29, 1.82) is 0 Å². The van der Waals surface area contributed by atoms with E-state index in [2.05, 4.69) is 21.3 Å². The SMILES string of the molecule is CCCC(NC(=O)[C@@H]1C[C@@H](OCc2ccccc2)CN1C(=O)[C@H](CCCC(=O)O)NC(=O)c1c(F)cccc1F)C(=O)C(=O)NCC(=O)NC(C(N)=O)c1ccccc1. The zero-order valence-electron chi connectivity index (χ0n) is 32.2. The summed E-state index contributed by atoms with van der Waals surface area (Å²) in [5.74, 6) is -10.7. The maximum absolute atomic E-state index is 14.6. The van der Waals surface area contributed by atoms with Crippen LogP contribution >= 0.6 is 0 Å². The van der Waals surface area contributed by atoms with Gasteiger partial charge in [0, 0.05) is 19.4 Å². The number of carbonyl (C=O) groups is 8. The standard InChI is InChI=1S/C41H46F2N6O10/c1-2-11-29(36(53)40(57)45-21-32(50)48-35(37(44)54)25-14-7-4-8-15-25)46-38(55)31-20-26(59-23-24-12-5-3-6-13-24)22-49(31)41(58)30(18-10-19-33(51)52)47-39(56)34-27(42)16-9-17-28(34)43/h3-9,12-17,26,29-31,35H,2,10-11,18-23H2,1H3,(H2,44,54)(H,45,57)(H,46,55)(H,47,56)(H,48,50)(H,51,52)/t26-,29?,30+,31+,35?/m1/s1. The average molecular weight is 821 g/mol. The summed E-state index contributed by atoms with van der Waals surface area (Å²) in [6.45, 7) is 0.849. The molecule has 1 aliphatic rings. The van der Waals surface area contributed by atoms with Crippen molar-refractivity contribution in [3.8, 4) is 0 Å². The summed E-state index contributed by atoms with van der Waals surface area (Å²) in [4.78, 5) is 105. The Morgan fingerprint density at radius 1 is 0.847 bits per heavy atom. The van der Waals surface area contributed by atoms with E-state index in [-0.39, 0.29) is 38.8 Å². The maximum Gasteiger partial charge on any atom is 0.303 e. The average Bonchev–Trinajstić information content (AvgIpc) is 3.65. The second kappa shape index (κ2) is 21.8. The number of hydrogen-bond donors (Lipinski definition) is 6. The number of rotatable bonds is 21. The van der Waals surface area contributed by atoms with Crippen LogP contribution in [0.4, 0.5) is 8.78 Å². The Morgan fingerprint density at radius 3 is 2.10 bits per heavy atom. The lowest BCUT2D eigenvalue weighted by molar-refractivity contribution is -0.143. The molecule has 7 N–H and O–H groups in total. The van der Waals surface area contributed by atoms with Crippen molar-refractivity contribution in [2.45, 2.75) is 82.3 Å². The maximum atomic E-state index is 14.6. The lowest BCUT2D eigenvalue weighted by Crippen LogP contribution is -2.56. The number of carbonyl (C=O) groups excluding carboxylic acids is 7. The van der Waals surface area contributed by atoms with Gasteiger partial charge in [-0.25, -0.2) is 8.78 Å². The first-order chi connectivity index (χ1) is 28.2. The van der Waals surface area contributed by atoms with Gasteiger partial charge in [0.15, 0.2) is 0 Å². The third-order valence-corrected chi connectivity index (χ3v) is 9.42. The van der Waals surface area contributed by atoms with Gasteiger partial charge < -0.3 is 41.7 Å². The molecule has 0 spiro atoms. The number of ketones is 1. The molecule has 0 aromatic heterocycles. The van der Waals surface area contributed by atoms with Crippen LogP contribution in [0.1, 0.15) is 73.0 Å². The van der Waals surface area contributed by atoms with E-state index in [0.717, 1.165) is 28.7 Å². The number of likely N-dealkylation sites (tertiary alicyclic amines) is 1. The predicted molar refractivity (Wildman–Crippen MR) is 206 cm³/mol. The van der Waals surface area contributed by atoms with Crippen LogP contribution in [-0.2, 0) is 44.9 Å². The number of nitrogens with zero attached hydrogens (tertiary/aromatic N) is 1. The molecule has 1 aliphatic heterocycles. The number of carboxylic acid groups (broad SMARTS) is 1. The Hall–Kier alpha value is -6.56. The van der Waals surface area contributed by atoms with Crippen LogP contribution in [0, 0.1) is 11.6 Å². The molecule has 5 atom stereocenters. The van der Waals surface area contributed by atoms with E-state index in [1.54, 1.807) is 67.6 Å². The van der Waals surface area contributed by atoms with E-state index in [1.807, 2.05) is 0 Å². The van der Waals surface area contributed by atoms with Crippen molar-refractivity contribution < 1.29 is 57.0 Å². The number of amides is 6. The zero-order valence-corrected chi connectivity index (χ0v) is 32.2. The molecule has 1 saturated heterocycles. The van der Waals surface area contributed by atoms with Gasteiger partial charge in [0.2, 0.25) is 29.4 Å². The fourth-order valence-electron chi connectivity index (χ4n) is 6.47. The fourth-order valence-corrected chi connectivity index (χ4v) is 6.47. The lowest BCUT2D eigenvalue weighted by Gasteiger charge is -2.29. The molecular formula is C41H46F2N6O10. The third kappa shape index (κ3) is 13.0. The second-order valence-electron chi connectivity index (χ2n) is 13.8. The molecule has 59 heavy (non-hydrogen) atoms. The molecular weight excluding hydrogens is 774 g/mol. The highest BCUT2D eigenvalue weighted by atomic mass is 19.1. The van der Waals surface area contributed by atoms with E-state index in [4.69, 9.17) is 10.5 Å². The largest absolute Gasteiger partial charge is 0.481 e. The summed E-state index contributed by atoms with van der Waals surface area (Å²) in [7, 11) is 0. The Labute approximate surface area is 338 Å². The Morgan fingerprint density at radius 2 is 1.49 bits per heavy atom. The van der Waals surface area contributed by atoms with Gasteiger partial charge in [0.1, 0.15) is 35.3 Å². The van der Waals surface area contributed by atoms with Crippen molar-refractivity contribution >= 4 is 47.2 Å². The minimum atomic E-state index is -1.55. The van der Waals surface area contributed by atoms with Crippen LogP contribution in [0.3, 0.4) is 0 Å². The second-order valence-corrected chi connectivity index (χ2v) is 13.8. The molecule has 1 heterocycles. The Bertz CT molecular complexity index is 1980. The fraction of sp³-hybridized carbons (Fsp3) is 0.366. The van der Waals surface area contributed by atoms with Gasteiger partial charge in [-0.3, -0.25) is 38.4 Å². The monoisotopic (exact) mass is 820 g/mol. The van der Waals surface area contributed by atoms with E-state index in [9.17, 15) is 52.2 Å². The van der Waals surface area contributed by atoms with Crippen molar-refractivity contribution in [2.75, 3.05) is 13.1 Å². The van der Waals surface area contributed by atoms with E-state index < -0.39 is 108 Å². The van der Waals surface area contributed by atoms with Gasteiger partial charge in [-0.2, -0.15) is 0 Å². The highest BCUT2D eigenvalue weighted by Crippen LogP contribution is 2.25. The summed E-state index contributed by atoms with van der Waals surface area (Å²) in [6.07, 6.45) is -1.44. The molecule has 1 fully saturated rings. The number of hydrogen-bond acceptors (Lipinski definition) is 9. The molecule has 18 heteroatoms. The molecule has 3 aromatic carbocycles. The van der Waals surface area contributed by atoms with Crippen LogP contribution in [0.25, 0.3) is 0 Å². The van der Waals surface area contributed by atoms with E-state index in [0.29, 0.717) is 12.0 Å². The first-order valence-electron chi connectivity index (χ1n) is 18.9. The number of Topliss-reactive ketones (excluding diaryl/α,β-unsaturated/α-hetero) is 1. The van der Waals surface area contributed by atoms with Gasteiger partial charge >= 0.3 is 5.97 Å². The number of halogens is 2. The highest BCUT2D eigenvalue weighted by Gasteiger charge is 2.44. The molecule has 314 valence electrons. The number of aliphatic carboxylic acids is 1. The quantitative estimate of drug-likeness (QED) is 0.0852. The number of carboxylic acids is 1. The van der Waals surface area contributed by atoms with Crippen LogP contribution in [-0.4, -0.2) is 94.5 Å². The molecule has 0 bridgehead atoms. The smallest absolute Gasteiger partial charge is 0.303 e. The first kappa shape index (κ1) is 45.1. The van der Waals surface area contributed by atoms with Gasteiger partial charge in [-0.1, -0.05) is 80.1 Å². The topological polar surface area (TPSA) is 243 Å². The normalized spacial score (nSPS) is 16.2. The van der Waals surface area contributed by atoms with Crippen LogP contribution in [0.2, 0.25) is 0 Å². The summed E-state index contributed by atoms with van der Waals surface area (Å²) in [5, 5.41) is 18.6. The number of ether oxygens (including phenoxy) is 1. The van der Waals surface area contributed by atoms with Crippen molar-refractivity contribution in [2.24, 2.45) is 5.73 Å². The van der Waals surface area contributed by atoms with Gasteiger partial charge in [0.25, 0.3) is 11.8 Å². The Kier molecular flexibility index (Phi) is 16.7.